The van der Waals surface area contributed by atoms with E-state index in [1.807, 2.05) is 12.1 Å². The van der Waals surface area contributed by atoms with Crippen LogP contribution in [0.15, 0.2) is 30.6 Å². The van der Waals surface area contributed by atoms with E-state index in [0.29, 0.717) is 38.5 Å². The van der Waals surface area contributed by atoms with Crippen molar-refractivity contribution in [3.05, 3.63) is 30.6 Å². The standard InChI is InChI=1S/C17H24N6O4S/c1-14(27-16-5-3-15(4-6-16)23-13-18-19-20-23)17(24)22-9-7-21(8-10-22)11-12-28(2,25)26/h3-6,13-14H,7-12H2,1-2H3. The molecule has 3 rings (SSSR count). The number of hydrogen-bond acceptors (Lipinski definition) is 8. The molecule has 1 aromatic carbocycles. The van der Waals surface area contributed by atoms with E-state index in [0.717, 1.165) is 5.69 Å². The SMILES string of the molecule is CC(Oc1ccc(-n2cnnn2)cc1)C(=O)N1CCN(CCS(C)(=O)=O)CC1. The Morgan fingerprint density at radius 2 is 1.86 bits per heavy atom. The third-order valence-corrected chi connectivity index (χ3v) is 5.50. The number of nitrogens with zero attached hydrogens (tertiary/aromatic N) is 6. The zero-order valence-electron chi connectivity index (χ0n) is 15.9. The van der Waals surface area contributed by atoms with Crippen molar-refractivity contribution in [2.24, 2.45) is 0 Å². The molecule has 1 aromatic heterocycles. The van der Waals surface area contributed by atoms with Crippen molar-refractivity contribution < 1.29 is 17.9 Å². The minimum Gasteiger partial charge on any atom is -0.481 e. The van der Waals surface area contributed by atoms with Gasteiger partial charge in [-0.2, -0.15) is 0 Å². The van der Waals surface area contributed by atoms with Crippen LogP contribution in [0.5, 0.6) is 5.75 Å². The van der Waals surface area contributed by atoms with Crippen molar-refractivity contribution in [3.8, 4) is 11.4 Å². The summed E-state index contributed by atoms with van der Waals surface area (Å²) in [5.74, 6) is 0.651. The summed E-state index contributed by atoms with van der Waals surface area (Å²) in [6, 6.07) is 7.15. The molecule has 1 amide bonds. The van der Waals surface area contributed by atoms with Crippen LogP contribution < -0.4 is 4.74 Å². The molecule has 1 saturated heterocycles. The molecule has 152 valence electrons. The molecule has 0 aliphatic carbocycles. The van der Waals surface area contributed by atoms with Crippen molar-refractivity contribution in [1.29, 1.82) is 0 Å². The van der Waals surface area contributed by atoms with Crippen LogP contribution in [0.1, 0.15) is 6.92 Å². The minimum absolute atomic E-state index is 0.0766. The van der Waals surface area contributed by atoms with Crippen LogP contribution in [0.25, 0.3) is 5.69 Å². The van der Waals surface area contributed by atoms with Gasteiger partial charge in [0.25, 0.3) is 5.91 Å². The molecule has 0 spiro atoms. The average molecular weight is 408 g/mol. The fourth-order valence-electron chi connectivity index (χ4n) is 2.96. The van der Waals surface area contributed by atoms with Crippen molar-refractivity contribution in [2.45, 2.75) is 13.0 Å². The molecule has 1 aliphatic heterocycles. The smallest absolute Gasteiger partial charge is 0.263 e. The van der Waals surface area contributed by atoms with Crippen LogP contribution in [-0.4, -0.2) is 95.2 Å². The largest absolute Gasteiger partial charge is 0.481 e. The molecule has 2 heterocycles. The number of sulfone groups is 1. The van der Waals surface area contributed by atoms with E-state index in [9.17, 15) is 13.2 Å². The first-order valence-corrected chi connectivity index (χ1v) is 11.1. The van der Waals surface area contributed by atoms with Gasteiger partial charge in [0.1, 0.15) is 21.9 Å². The van der Waals surface area contributed by atoms with E-state index in [-0.39, 0.29) is 11.7 Å². The van der Waals surface area contributed by atoms with Crippen LogP contribution in [0.3, 0.4) is 0 Å². The average Bonchev–Trinajstić information content (AvgIpc) is 3.21. The summed E-state index contributed by atoms with van der Waals surface area (Å²) in [5.41, 5.74) is 0.793. The van der Waals surface area contributed by atoms with Gasteiger partial charge < -0.3 is 9.64 Å². The number of carbonyl (C=O) groups excluding carboxylic acids is 1. The Kier molecular flexibility index (Phi) is 6.25. The minimum atomic E-state index is -2.97. The monoisotopic (exact) mass is 408 g/mol. The molecule has 1 fully saturated rings. The Hall–Kier alpha value is -2.53. The summed E-state index contributed by atoms with van der Waals surface area (Å²) in [5, 5.41) is 11.0. The summed E-state index contributed by atoms with van der Waals surface area (Å²) in [7, 11) is -2.97. The first-order valence-electron chi connectivity index (χ1n) is 9.01. The van der Waals surface area contributed by atoms with Crippen LogP contribution in [0.4, 0.5) is 0 Å². The molecule has 28 heavy (non-hydrogen) atoms. The third kappa shape index (κ3) is 5.49. The van der Waals surface area contributed by atoms with Crippen molar-refractivity contribution >= 4 is 15.7 Å². The normalized spacial score (nSPS) is 16.7. The van der Waals surface area contributed by atoms with Crippen LogP contribution in [0.2, 0.25) is 0 Å². The van der Waals surface area contributed by atoms with Crippen molar-refractivity contribution in [3.63, 3.8) is 0 Å². The Bertz CT molecular complexity index is 877. The highest BCUT2D eigenvalue weighted by atomic mass is 32.2. The molecule has 10 nitrogen and oxygen atoms in total. The number of rotatable bonds is 7. The van der Waals surface area contributed by atoms with Crippen molar-refractivity contribution in [2.75, 3.05) is 44.7 Å². The predicted molar refractivity (Wildman–Crippen MR) is 102 cm³/mol. The first kappa shape index (κ1) is 20.2. The molecule has 1 atom stereocenters. The third-order valence-electron chi connectivity index (χ3n) is 4.57. The molecule has 0 radical (unpaired) electrons. The number of amides is 1. The summed E-state index contributed by atoms with van der Waals surface area (Å²) in [6.07, 6.45) is 2.13. The molecule has 11 heteroatoms. The second kappa shape index (κ2) is 8.65. The van der Waals surface area contributed by atoms with Gasteiger partial charge in [0.2, 0.25) is 0 Å². The predicted octanol–water partition coefficient (Wildman–Crippen LogP) is -0.382. The zero-order chi connectivity index (χ0) is 20.1. The summed E-state index contributed by atoms with van der Waals surface area (Å²) in [4.78, 5) is 16.5. The van der Waals surface area contributed by atoms with Crippen LogP contribution in [0, 0.1) is 0 Å². The molecule has 0 bridgehead atoms. The van der Waals surface area contributed by atoms with E-state index in [1.165, 1.54) is 17.3 Å². The molecule has 0 saturated carbocycles. The Balaban J connectivity index is 1.48. The van der Waals surface area contributed by atoms with E-state index >= 15 is 0 Å². The fraction of sp³-hybridized carbons (Fsp3) is 0.529. The van der Waals surface area contributed by atoms with Gasteiger partial charge in [-0.1, -0.05) is 0 Å². The molecular weight excluding hydrogens is 384 g/mol. The lowest BCUT2D eigenvalue weighted by Gasteiger charge is -2.35. The number of tetrazole rings is 1. The van der Waals surface area contributed by atoms with E-state index < -0.39 is 15.9 Å². The van der Waals surface area contributed by atoms with Gasteiger partial charge in [-0.25, -0.2) is 13.1 Å². The molecule has 2 aromatic rings. The number of hydrogen-bond donors (Lipinski definition) is 0. The number of benzene rings is 1. The Labute approximate surface area is 164 Å². The lowest BCUT2D eigenvalue weighted by Crippen LogP contribution is -2.52. The van der Waals surface area contributed by atoms with E-state index in [1.54, 1.807) is 24.0 Å². The summed E-state index contributed by atoms with van der Waals surface area (Å²) in [6.45, 7) is 4.68. The maximum atomic E-state index is 12.6. The molecule has 1 aliphatic rings. The second-order valence-corrected chi connectivity index (χ2v) is 9.06. The van der Waals surface area contributed by atoms with Crippen molar-refractivity contribution in [1.82, 2.24) is 30.0 Å². The molecular formula is C17H24N6O4S. The lowest BCUT2D eigenvalue weighted by molar-refractivity contribution is -0.139. The summed E-state index contributed by atoms with van der Waals surface area (Å²) < 4.78 is 29.9. The zero-order valence-corrected chi connectivity index (χ0v) is 16.7. The summed E-state index contributed by atoms with van der Waals surface area (Å²) >= 11 is 0. The number of piperazine rings is 1. The maximum absolute atomic E-state index is 12.6. The maximum Gasteiger partial charge on any atom is 0.263 e. The lowest BCUT2D eigenvalue weighted by atomic mass is 10.2. The number of aromatic nitrogens is 4. The van der Waals surface area contributed by atoms with E-state index in [2.05, 4.69) is 20.4 Å². The van der Waals surface area contributed by atoms with Gasteiger partial charge in [0.15, 0.2) is 6.10 Å². The Morgan fingerprint density at radius 1 is 1.18 bits per heavy atom. The number of ether oxygens (including phenoxy) is 1. The number of carbonyl (C=O) groups is 1. The van der Waals surface area contributed by atoms with Gasteiger partial charge in [-0.05, 0) is 41.6 Å². The van der Waals surface area contributed by atoms with Gasteiger partial charge in [-0.15, -0.1) is 5.10 Å². The highest BCUT2D eigenvalue weighted by Crippen LogP contribution is 2.17. The Morgan fingerprint density at radius 3 is 2.43 bits per heavy atom. The fourth-order valence-corrected chi connectivity index (χ4v) is 3.55. The van der Waals surface area contributed by atoms with Gasteiger partial charge in [0, 0.05) is 39.0 Å². The van der Waals surface area contributed by atoms with Gasteiger partial charge in [0.05, 0.1) is 11.4 Å². The quantitative estimate of drug-likeness (QED) is 0.610. The van der Waals surface area contributed by atoms with E-state index in [4.69, 9.17) is 4.74 Å². The highest BCUT2D eigenvalue weighted by molar-refractivity contribution is 7.90. The van der Waals surface area contributed by atoms with Gasteiger partial charge >= 0.3 is 0 Å². The van der Waals surface area contributed by atoms with Crippen LogP contribution in [-0.2, 0) is 14.6 Å². The molecule has 1 unspecified atom stereocenters. The van der Waals surface area contributed by atoms with Gasteiger partial charge in [-0.3, -0.25) is 9.69 Å². The highest BCUT2D eigenvalue weighted by Gasteiger charge is 2.26. The molecule has 0 N–H and O–H groups in total. The van der Waals surface area contributed by atoms with Crippen LogP contribution >= 0.6 is 0 Å². The second-order valence-electron chi connectivity index (χ2n) is 6.81. The topological polar surface area (TPSA) is 111 Å². The first-order chi connectivity index (χ1) is 13.3.